The van der Waals surface area contributed by atoms with E-state index in [0.717, 1.165) is 18.8 Å². The van der Waals surface area contributed by atoms with Crippen LogP contribution in [0.3, 0.4) is 0 Å². The molecule has 1 saturated heterocycles. The number of sulfonamides is 1. The molecule has 0 aromatic carbocycles. The molecular formula is C14H25NO3S. The summed E-state index contributed by atoms with van der Waals surface area (Å²) < 4.78 is 32.4. The molecule has 5 heteroatoms. The predicted octanol–water partition coefficient (Wildman–Crippen LogP) is 1.91. The Kier molecular flexibility index (Phi) is 4.15. The van der Waals surface area contributed by atoms with E-state index < -0.39 is 10.0 Å². The van der Waals surface area contributed by atoms with Crippen LogP contribution in [0, 0.1) is 17.8 Å². The van der Waals surface area contributed by atoms with Crippen LogP contribution >= 0.6 is 0 Å². The fourth-order valence-electron chi connectivity index (χ4n) is 3.74. The summed E-state index contributed by atoms with van der Waals surface area (Å²) in [7, 11) is -3.10. The van der Waals surface area contributed by atoms with Crippen LogP contribution in [0.15, 0.2) is 0 Å². The zero-order valence-corrected chi connectivity index (χ0v) is 12.3. The molecule has 3 unspecified atom stereocenters. The van der Waals surface area contributed by atoms with Crippen LogP contribution in [0.4, 0.5) is 0 Å². The van der Waals surface area contributed by atoms with E-state index in [1.165, 1.54) is 32.1 Å². The van der Waals surface area contributed by atoms with E-state index >= 15 is 0 Å². The van der Waals surface area contributed by atoms with Gasteiger partial charge in [0.25, 0.3) is 0 Å². The summed E-state index contributed by atoms with van der Waals surface area (Å²) in [6, 6.07) is 0.232. The van der Waals surface area contributed by atoms with E-state index in [1.54, 1.807) is 0 Å². The molecule has 3 rings (SSSR count). The van der Waals surface area contributed by atoms with Crippen molar-refractivity contribution in [1.29, 1.82) is 0 Å². The maximum absolute atomic E-state index is 12.1. The lowest BCUT2D eigenvalue weighted by Crippen LogP contribution is -2.33. The first-order valence-electron chi connectivity index (χ1n) is 7.72. The highest BCUT2D eigenvalue weighted by Gasteiger charge is 2.45. The third-order valence-electron chi connectivity index (χ3n) is 4.91. The van der Waals surface area contributed by atoms with E-state index in [1.807, 2.05) is 0 Å². The van der Waals surface area contributed by atoms with E-state index in [-0.39, 0.29) is 17.7 Å². The Bertz CT molecular complexity index is 397. The van der Waals surface area contributed by atoms with Crippen molar-refractivity contribution in [3.63, 3.8) is 0 Å². The fraction of sp³-hybridized carbons (Fsp3) is 1.00. The maximum atomic E-state index is 12.1. The van der Waals surface area contributed by atoms with Crippen molar-refractivity contribution in [3.8, 4) is 0 Å². The second-order valence-electron chi connectivity index (χ2n) is 6.53. The number of hydrogen-bond acceptors (Lipinski definition) is 3. The van der Waals surface area contributed by atoms with Gasteiger partial charge in [0.1, 0.15) is 0 Å². The van der Waals surface area contributed by atoms with Gasteiger partial charge in [-0.3, -0.25) is 0 Å². The predicted molar refractivity (Wildman–Crippen MR) is 74.3 cm³/mol. The van der Waals surface area contributed by atoms with Gasteiger partial charge >= 0.3 is 0 Å². The monoisotopic (exact) mass is 287 g/mol. The Morgan fingerprint density at radius 1 is 1.11 bits per heavy atom. The number of rotatable bonds is 5. The van der Waals surface area contributed by atoms with Crippen LogP contribution in [0.2, 0.25) is 0 Å². The number of nitrogens with one attached hydrogen (secondary N) is 1. The van der Waals surface area contributed by atoms with E-state index in [4.69, 9.17) is 4.74 Å². The minimum absolute atomic E-state index is 0.199. The second kappa shape index (κ2) is 5.70. The lowest BCUT2D eigenvalue weighted by Gasteiger charge is -2.21. The zero-order chi connectivity index (χ0) is 13.3. The van der Waals surface area contributed by atoms with Gasteiger partial charge in [-0.25, -0.2) is 13.1 Å². The highest BCUT2D eigenvalue weighted by Crippen LogP contribution is 2.44. The standard InChI is InChI=1S/C14H25NO3S/c16-19(17,10-11-6-7-18-9-11)15-14-8-13(14)12-4-2-1-3-5-12/h11-15H,1-10H2. The van der Waals surface area contributed by atoms with Crippen LogP contribution in [0.25, 0.3) is 0 Å². The molecule has 19 heavy (non-hydrogen) atoms. The molecule has 3 aliphatic rings. The molecule has 4 nitrogen and oxygen atoms in total. The molecule has 3 atom stereocenters. The van der Waals surface area contributed by atoms with Crippen LogP contribution in [-0.4, -0.2) is 33.4 Å². The van der Waals surface area contributed by atoms with Crippen LogP contribution in [0.1, 0.15) is 44.9 Å². The zero-order valence-electron chi connectivity index (χ0n) is 11.5. The van der Waals surface area contributed by atoms with Gasteiger partial charge < -0.3 is 4.74 Å². The molecule has 0 radical (unpaired) electrons. The third kappa shape index (κ3) is 3.70. The molecule has 1 aliphatic heterocycles. The first-order valence-corrected chi connectivity index (χ1v) is 9.37. The van der Waals surface area contributed by atoms with E-state index in [9.17, 15) is 8.42 Å². The summed E-state index contributed by atoms with van der Waals surface area (Å²) >= 11 is 0. The van der Waals surface area contributed by atoms with Crippen molar-refractivity contribution in [2.75, 3.05) is 19.0 Å². The second-order valence-corrected chi connectivity index (χ2v) is 8.33. The summed E-state index contributed by atoms with van der Waals surface area (Å²) in [4.78, 5) is 0. The maximum Gasteiger partial charge on any atom is 0.212 e. The highest BCUT2D eigenvalue weighted by molar-refractivity contribution is 7.89. The first kappa shape index (κ1) is 13.8. The minimum atomic E-state index is -3.10. The topological polar surface area (TPSA) is 55.4 Å². The van der Waals surface area contributed by atoms with Gasteiger partial charge in [0.2, 0.25) is 10.0 Å². The SMILES string of the molecule is O=S(=O)(CC1CCOC1)NC1CC1C1CCCCC1. The molecule has 0 aromatic rings. The van der Waals surface area contributed by atoms with Gasteiger partial charge in [0.05, 0.1) is 12.4 Å². The summed E-state index contributed by atoms with van der Waals surface area (Å²) in [5, 5.41) is 0. The van der Waals surface area contributed by atoms with Gasteiger partial charge in [0, 0.05) is 12.6 Å². The van der Waals surface area contributed by atoms with Crippen molar-refractivity contribution in [2.24, 2.45) is 17.8 Å². The minimum Gasteiger partial charge on any atom is -0.381 e. The largest absolute Gasteiger partial charge is 0.381 e. The Labute approximate surface area is 116 Å². The lowest BCUT2D eigenvalue weighted by atomic mass is 9.86. The molecule has 2 saturated carbocycles. The summed E-state index contributed by atoms with van der Waals surface area (Å²) in [6.07, 6.45) is 8.59. The molecular weight excluding hydrogens is 262 g/mol. The van der Waals surface area contributed by atoms with Gasteiger partial charge in [-0.2, -0.15) is 0 Å². The molecule has 110 valence electrons. The normalized spacial score (nSPS) is 36.5. The Hall–Kier alpha value is -0.130. The highest BCUT2D eigenvalue weighted by atomic mass is 32.2. The summed E-state index contributed by atoms with van der Waals surface area (Å²) in [5.41, 5.74) is 0. The van der Waals surface area contributed by atoms with Crippen LogP contribution in [0.5, 0.6) is 0 Å². The van der Waals surface area contributed by atoms with Crippen molar-refractivity contribution < 1.29 is 13.2 Å². The van der Waals surface area contributed by atoms with Crippen molar-refractivity contribution in [1.82, 2.24) is 4.72 Å². The molecule has 2 aliphatic carbocycles. The average Bonchev–Trinajstić information content (AvgIpc) is 2.93. The van der Waals surface area contributed by atoms with Gasteiger partial charge in [-0.05, 0) is 30.6 Å². The lowest BCUT2D eigenvalue weighted by molar-refractivity contribution is 0.188. The smallest absolute Gasteiger partial charge is 0.212 e. The van der Waals surface area contributed by atoms with Crippen LogP contribution in [-0.2, 0) is 14.8 Å². The van der Waals surface area contributed by atoms with Gasteiger partial charge in [-0.15, -0.1) is 0 Å². The van der Waals surface area contributed by atoms with Crippen molar-refractivity contribution >= 4 is 10.0 Å². The number of hydrogen-bond donors (Lipinski definition) is 1. The molecule has 0 amide bonds. The molecule has 0 bridgehead atoms. The first-order chi connectivity index (χ1) is 9.14. The quantitative estimate of drug-likeness (QED) is 0.840. The fourth-order valence-corrected chi connectivity index (χ4v) is 5.45. The Morgan fingerprint density at radius 3 is 2.58 bits per heavy atom. The summed E-state index contributed by atoms with van der Waals surface area (Å²) in [5.74, 6) is 1.84. The Balaban J connectivity index is 1.46. The number of ether oxygens (including phenoxy) is 1. The molecule has 1 heterocycles. The third-order valence-corrected chi connectivity index (χ3v) is 6.48. The Morgan fingerprint density at radius 2 is 1.89 bits per heavy atom. The van der Waals surface area contributed by atoms with Crippen molar-refractivity contribution in [2.45, 2.75) is 51.0 Å². The summed E-state index contributed by atoms with van der Waals surface area (Å²) in [6.45, 7) is 1.33. The van der Waals surface area contributed by atoms with Crippen molar-refractivity contribution in [3.05, 3.63) is 0 Å². The average molecular weight is 287 g/mol. The van der Waals surface area contributed by atoms with Gasteiger partial charge in [-0.1, -0.05) is 32.1 Å². The molecule has 0 aromatic heterocycles. The van der Waals surface area contributed by atoms with E-state index in [0.29, 0.717) is 19.1 Å². The molecule has 3 fully saturated rings. The van der Waals surface area contributed by atoms with E-state index in [2.05, 4.69) is 4.72 Å². The molecule has 1 N–H and O–H groups in total. The van der Waals surface area contributed by atoms with Crippen LogP contribution < -0.4 is 4.72 Å². The van der Waals surface area contributed by atoms with Gasteiger partial charge in [0.15, 0.2) is 0 Å². The molecule has 0 spiro atoms.